The van der Waals surface area contributed by atoms with Gasteiger partial charge in [-0.05, 0) is 24.6 Å². The Morgan fingerprint density at radius 2 is 2.26 bits per heavy atom. The Hall–Kier alpha value is -2.38. The van der Waals surface area contributed by atoms with Crippen molar-refractivity contribution in [2.45, 2.75) is 13.5 Å². The minimum absolute atomic E-state index is 0.0336. The minimum atomic E-state index is -0.426. The Balaban J connectivity index is 1.74. The first-order valence-corrected chi connectivity index (χ1v) is 8.06. The van der Waals surface area contributed by atoms with E-state index in [1.54, 1.807) is 23.6 Å². The molecule has 0 aliphatic carbocycles. The Kier molecular flexibility index (Phi) is 4.31. The number of nitro groups is 1. The van der Waals surface area contributed by atoms with Gasteiger partial charge in [0.1, 0.15) is 10.8 Å². The highest BCUT2D eigenvalue weighted by Crippen LogP contribution is 2.26. The van der Waals surface area contributed by atoms with Crippen molar-refractivity contribution in [3.8, 4) is 5.00 Å². The van der Waals surface area contributed by atoms with E-state index in [2.05, 4.69) is 10.3 Å². The largest absolute Gasteiger partial charge is 0.380 e. The summed E-state index contributed by atoms with van der Waals surface area (Å²) in [6.45, 7) is 2.36. The maximum absolute atomic E-state index is 10.8. The third-order valence-corrected chi connectivity index (χ3v) is 4.67. The van der Waals surface area contributed by atoms with E-state index in [0.29, 0.717) is 17.1 Å². The highest BCUT2D eigenvalue weighted by Gasteiger charge is 2.10. The van der Waals surface area contributed by atoms with Gasteiger partial charge in [-0.2, -0.15) is 0 Å². The number of hydrogen-bond donors (Lipinski definition) is 1. The number of nitrogens with one attached hydrogen (secondary N) is 1. The van der Waals surface area contributed by atoms with Crippen molar-refractivity contribution >= 4 is 34.3 Å². The number of nitrogens with zero attached hydrogens (tertiary/aromatic N) is 3. The molecule has 0 saturated carbocycles. The molecule has 118 valence electrons. The molecule has 0 spiro atoms. The maximum Gasteiger partial charge on any atom is 0.269 e. The Bertz CT molecular complexity index is 859. The Morgan fingerprint density at radius 1 is 1.43 bits per heavy atom. The average Bonchev–Trinajstić information content (AvgIpc) is 3.14. The molecule has 8 heteroatoms. The van der Waals surface area contributed by atoms with Crippen LogP contribution in [0.3, 0.4) is 0 Å². The van der Waals surface area contributed by atoms with Gasteiger partial charge < -0.3 is 5.32 Å². The lowest BCUT2D eigenvalue weighted by Gasteiger charge is -2.06. The summed E-state index contributed by atoms with van der Waals surface area (Å²) in [5, 5.41) is 17.6. The smallest absolute Gasteiger partial charge is 0.269 e. The number of halogens is 1. The van der Waals surface area contributed by atoms with Crippen molar-refractivity contribution < 1.29 is 4.92 Å². The first-order chi connectivity index (χ1) is 11.0. The second-order valence-electron chi connectivity index (χ2n) is 4.90. The number of rotatable bonds is 5. The molecule has 6 nitrogen and oxygen atoms in total. The summed E-state index contributed by atoms with van der Waals surface area (Å²) in [5.74, 6) is 0.917. The zero-order valence-electron chi connectivity index (χ0n) is 12.2. The number of nitro benzene ring substituents is 1. The lowest BCUT2D eigenvalue weighted by Crippen LogP contribution is -2.00. The summed E-state index contributed by atoms with van der Waals surface area (Å²) in [6, 6.07) is 6.44. The van der Waals surface area contributed by atoms with E-state index in [1.165, 1.54) is 12.1 Å². The number of thiophene rings is 1. The van der Waals surface area contributed by atoms with Crippen molar-refractivity contribution in [2.24, 2.45) is 0 Å². The molecule has 0 amide bonds. The molecule has 1 aromatic carbocycles. The molecule has 0 fully saturated rings. The van der Waals surface area contributed by atoms with E-state index < -0.39 is 4.92 Å². The normalized spacial score (nSPS) is 10.7. The van der Waals surface area contributed by atoms with E-state index in [4.69, 9.17) is 11.6 Å². The second-order valence-corrected chi connectivity index (χ2v) is 6.20. The van der Waals surface area contributed by atoms with E-state index >= 15 is 0 Å². The summed E-state index contributed by atoms with van der Waals surface area (Å²) >= 11 is 7.69. The first kappa shape index (κ1) is 15.5. The number of aryl methyl sites for hydroxylation is 1. The second kappa shape index (κ2) is 6.39. The summed E-state index contributed by atoms with van der Waals surface area (Å²) in [7, 11) is 0. The molecule has 3 rings (SSSR count). The van der Waals surface area contributed by atoms with Crippen LogP contribution in [0.15, 0.2) is 42.0 Å². The third kappa shape index (κ3) is 3.35. The molecule has 0 unspecified atom stereocenters. The van der Waals surface area contributed by atoms with Crippen LogP contribution in [0.1, 0.15) is 11.4 Å². The van der Waals surface area contributed by atoms with Gasteiger partial charge in [0.05, 0.1) is 4.92 Å². The number of non-ortho nitro benzene ring substituents is 1. The zero-order valence-corrected chi connectivity index (χ0v) is 13.8. The molecule has 2 heterocycles. The fraction of sp³-hybridized carbons (Fsp3) is 0.133. The van der Waals surface area contributed by atoms with Gasteiger partial charge in [-0.1, -0.05) is 11.6 Å². The molecule has 0 aliphatic rings. The van der Waals surface area contributed by atoms with Gasteiger partial charge in [-0.25, -0.2) is 4.98 Å². The average molecular weight is 349 g/mol. The Morgan fingerprint density at radius 3 is 2.96 bits per heavy atom. The third-order valence-electron chi connectivity index (χ3n) is 3.37. The standard InChI is InChI=1S/C15H13ClN4O2S/c1-10-17-4-5-19(10)15-7-12(9-23-15)18-8-11-6-13(20(21)22)2-3-14(11)16/h2-7,9,18H,8H2,1H3. The molecule has 3 aromatic rings. The topological polar surface area (TPSA) is 73.0 Å². The van der Waals surface area contributed by atoms with Crippen molar-refractivity contribution in [1.29, 1.82) is 0 Å². The first-order valence-electron chi connectivity index (χ1n) is 6.80. The highest BCUT2D eigenvalue weighted by molar-refractivity contribution is 7.13. The van der Waals surface area contributed by atoms with Crippen LogP contribution < -0.4 is 5.32 Å². The SMILES string of the molecule is Cc1nccn1-c1cc(NCc2cc([N+](=O)[O-])ccc2Cl)cs1. The van der Waals surface area contributed by atoms with Gasteiger partial charge >= 0.3 is 0 Å². The molecule has 23 heavy (non-hydrogen) atoms. The number of benzene rings is 1. The number of aromatic nitrogens is 2. The molecule has 0 radical (unpaired) electrons. The van der Waals surface area contributed by atoms with Crippen molar-refractivity contribution in [3.05, 3.63) is 68.6 Å². The quantitative estimate of drug-likeness (QED) is 0.547. The molecule has 0 aliphatic heterocycles. The van der Waals surface area contributed by atoms with Crippen LogP contribution >= 0.6 is 22.9 Å². The van der Waals surface area contributed by atoms with Crippen LogP contribution in [0, 0.1) is 17.0 Å². The van der Waals surface area contributed by atoms with Crippen molar-refractivity contribution in [2.75, 3.05) is 5.32 Å². The van der Waals surface area contributed by atoms with Gasteiger partial charge in [0.25, 0.3) is 5.69 Å². The van der Waals surface area contributed by atoms with Crippen LogP contribution in [0.4, 0.5) is 11.4 Å². The summed E-state index contributed by atoms with van der Waals surface area (Å²) in [5.41, 5.74) is 1.65. The van der Waals surface area contributed by atoms with Gasteiger partial charge in [0.2, 0.25) is 0 Å². The van der Waals surface area contributed by atoms with Crippen molar-refractivity contribution in [1.82, 2.24) is 9.55 Å². The number of imidazole rings is 1. The summed E-state index contributed by atoms with van der Waals surface area (Å²) in [6.07, 6.45) is 3.66. The predicted molar refractivity (Wildman–Crippen MR) is 91.6 cm³/mol. The van der Waals surface area contributed by atoms with Crippen LogP contribution in [-0.2, 0) is 6.54 Å². The van der Waals surface area contributed by atoms with Gasteiger partial charge in [-0.3, -0.25) is 14.7 Å². The molecule has 0 atom stereocenters. The molecule has 2 aromatic heterocycles. The van der Waals surface area contributed by atoms with Gasteiger partial charge in [0, 0.05) is 47.2 Å². The number of hydrogen-bond acceptors (Lipinski definition) is 5. The zero-order chi connectivity index (χ0) is 16.4. The monoisotopic (exact) mass is 348 g/mol. The molecule has 1 N–H and O–H groups in total. The highest BCUT2D eigenvalue weighted by atomic mass is 35.5. The number of anilines is 1. The van der Waals surface area contributed by atoms with E-state index in [0.717, 1.165) is 16.5 Å². The predicted octanol–water partition coefficient (Wildman–Crippen LogP) is 4.42. The minimum Gasteiger partial charge on any atom is -0.380 e. The van der Waals surface area contributed by atoms with E-state index in [-0.39, 0.29) is 5.69 Å². The van der Waals surface area contributed by atoms with Crippen molar-refractivity contribution in [3.63, 3.8) is 0 Å². The van der Waals surface area contributed by atoms with E-state index in [9.17, 15) is 10.1 Å². The van der Waals surface area contributed by atoms with E-state index in [1.807, 2.05) is 29.1 Å². The fourth-order valence-corrected chi connectivity index (χ4v) is 3.25. The lowest BCUT2D eigenvalue weighted by molar-refractivity contribution is -0.384. The molecule has 0 saturated heterocycles. The molecule has 0 bridgehead atoms. The van der Waals surface area contributed by atoms with Crippen LogP contribution in [0.2, 0.25) is 5.02 Å². The molecular formula is C15H13ClN4O2S. The van der Waals surface area contributed by atoms with Crippen LogP contribution in [0.5, 0.6) is 0 Å². The summed E-state index contributed by atoms with van der Waals surface area (Å²) < 4.78 is 2.00. The molecular weight excluding hydrogens is 336 g/mol. The van der Waals surface area contributed by atoms with Crippen LogP contribution in [-0.4, -0.2) is 14.5 Å². The Labute approximate surface area is 141 Å². The lowest BCUT2D eigenvalue weighted by atomic mass is 10.2. The maximum atomic E-state index is 10.8. The van der Waals surface area contributed by atoms with Gasteiger partial charge in [0.15, 0.2) is 0 Å². The summed E-state index contributed by atoms with van der Waals surface area (Å²) in [4.78, 5) is 14.6. The fourth-order valence-electron chi connectivity index (χ4n) is 2.16. The van der Waals surface area contributed by atoms with Gasteiger partial charge in [-0.15, -0.1) is 11.3 Å². The van der Waals surface area contributed by atoms with Crippen LogP contribution in [0.25, 0.3) is 5.00 Å².